The number of halogens is 1. The highest BCUT2D eigenvalue weighted by Crippen LogP contribution is 2.14. The molecule has 1 atom stereocenters. The molecule has 1 aromatic heterocycles. The number of amides is 1. The van der Waals surface area contributed by atoms with Crippen molar-refractivity contribution in [2.24, 2.45) is 0 Å². The highest BCUT2D eigenvalue weighted by molar-refractivity contribution is 6.30. The number of anilines is 2. The van der Waals surface area contributed by atoms with Crippen LogP contribution in [0.4, 0.5) is 11.6 Å². The maximum absolute atomic E-state index is 12.0. The van der Waals surface area contributed by atoms with Gasteiger partial charge in [0.1, 0.15) is 6.54 Å². The van der Waals surface area contributed by atoms with Crippen LogP contribution in [-0.4, -0.2) is 41.5 Å². The Morgan fingerprint density at radius 2 is 1.88 bits per heavy atom. The molecule has 0 saturated heterocycles. The third kappa shape index (κ3) is 5.20. The Balaban J connectivity index is 1.84. The van der Waals surface area contributed by atoms with Gasteiger partial charge in [0.2, 0.25) is 5.95 Å². The lowest BCUT2D eigenvalue weighted by Crippen LogP contribution is -2.35. The summed E-state index contributed by atoms with van der Waals surface area (Å²) in [5.41, 5.74) is 0.571. The number of ether oxygens (including phenoxy) is 1. The van der Waals surface area contributed by atoms with Crippen LogP contribution in [-0.2, 0) is 14.3 Å². The van der Waals surface area contributed by atoms with Crippen molar-refractivity contribution in [3.63, 3.8) is 0 Å². The quantitative estimate of drug-likeness (QED) is 0.805. The highest BCUT2D eigenvalue weighted by Gasteiger charge is 2.19. The molecule has 0 saturated carbocycles. The fourth-order valence-corrected chi connectivity index (χ4v) is 1.94. The first-order valence-electron chi connectivity index (χ1n) is 7.20. The van der Waals surface area contributed by atoms with Crippen molar-refractivity contribution >= 4 is 35.1 Å². The van der Waals surface area contributed by atoms with E-state index in [4.69, 9.17) is 16.3 Å². The summed E-state index contributed by atoms with van der Waals surface area (Å²) in [7, 11) is 1.66. The Kier molecular flexibility index (Phi) is 6.08. The number of likely N-dealkylation sites (N-methyl/N-ethyl adjacent to an activating group) is 1. The van der Waals surface area contributed by atoms with Gasteiger partial charge in [0.25, 0.3) is 5.91 Å². The molecule has 8 heteroatoms. The number of carbonyl (C=O) groups is 2. The monoisotopic (exact) mass is 348 g/mol. The minimum absolute atomic E-state index is 0.0669. The van der Waals surface area contributed by atoms with Gasteiger partial charge in [-0.1, -0.05) is 11.6 Å². The zero-order chi connectivity index (χ0) is 17.5. The second-order valence-corrected chi connectivity index (χ2v) is 5.47. The minimum Gasteiger partial charge on any atom is -0.451 e. The predicted octanol–water partition coefficient (Wildman–Crippen LogP) is 2.14. The molecule has 0 aliphatic heterocycles. The van der Waals surface area contributed by atoms with Crippen molar-refractivity contribution in [1.82, 2.24) is 9.97 Å². The van der Waals surface area contributed by atoms with Crippen LogP contribution in [0.3, 0.4) is 0 Å². The van der Waals surface area contributed by atoms with E-state index in [2.05, 4.69) is 15.3 Å². The van der Waals surface area contributed by atoms with Crippen LogP contribution < -0.4 is 10.2 Å². The molecule has 0 aliphatic rings. The van der Waals surface area contributed by atoms with Crippen molar-refractivity contribution in [3.8, 4) is 0 Å². The molecule has 24 heavy (non-hydrogen) atoms. The van der Waals surface area contributed by atoms with Gasteiger partial charge in [0.05, 0.1) is 0 Å². The molecule has 0 fully saturated rings. The fourth-order valence-electron chi connectivity index (χ4n) is 1.82. The van der Waals surface area contributed by atoms with E-state index in [-0.39, 0.29) is 6.54 Å². The molecule has 1 unspecified atom stereocenters. The Morgan fingerprint density at radius 1 is 1.25 bits per heavy atom. The number of hydrogen-bond donors (Lipinski definition) is 1. The van der Waals surface area contributed by atoms with Gasteiger partial charge in [-0.2, -0.15) is 0 Å². The summed E-state index contributed by atoms with van der Waals surface area (Å²) in [6, 6.07) is 8.31. The topological polar surface area (TPSA) is 84.4 Å². The molecule has 126 valence electrons. The SMILES string of the molecule is CC(OC(=O)CN(C)c1ncccn1)C(=O)Nc1ccc(Cl)cc1. The second-order valence-electron chi connectivity index (χ2n) is 5.03. The van der Waals surface area contributed by atoms with E-state index in [1.165, 1.54) is 11.8 Å². The molecule has 0 spiro atoms. The van der Waals surface area contributed by atoms with E-state index >= 15 is 0 Å². The summed E-state index contributed by atoms with van der Waals surface area (Å²) in [4.78, 5) is 33.5. The Hall–Kier alpha value is -2.67. The Morgan fingerprint density at radius 3 is 2.50 bits per heavy atom. The number of rotatable bonds is 6. The molecule has 0 aliphatic carbocycles. The number of hydrogen-bond acceptors (Lipinski definition) is 6. The predicted molar refractivity (Wildman–Crippen MR) is 90.9 cm³/mol. The molecule has 0 bridgehead atoms. The summed E-state index contributed by atoms with van der Waals surface area (Å²) in [5.74, 6) is -0.583. The Bertz CT molecular complexity index is 694. The molecule has 1 heterocycles. The van der Waals surface area contributed by atoms with Crippen molar-refractivity contribution in [1.29, 1.82) is 0 Å². The van der Waals surface area contributed by atoms with Crippen molar-refractivity contribution < 1.29 is 14.3 Å². The van der Waals surface area contributed by atoms with E-state index in [0.717, 1.165) is 0 Å². The third-order valence-corrected chi connectivity index (χ3v) is 3.30. The lowest BCUT2D eigenvalue weighted by atomic mass is 10.3. The van der Waals surface area contributed by atoms with E-state index < -0.39 is 18.0 Å². The Labute approximate surface area is 144 Å². The lowest BCUT2D eigenvalue weighted by molar-refractivity contribution is -0.151. The van der Waals surface area contributed by atoms with Gasteiger partial charge >= 0.3 is 5.97 Å². The van der Waals surface area contributed by atoms with Crippen LogP contribution in [0, 0.1) is 0 Å². The van der Waals surface area contributed by atoms with E-state index in [1.807, 2.05) is 0 Å². The average Bonchev–Trinajstić information content (AvgIpc) is 2.57. The number of aromatic nitrogens is 2. The normalized spacial score (nSPS) is 11.5. The van der Waals surface area contributed by atoms with Crippen LogP contribution in [0.25, 0.3) is 0 Å². The number of esters is 1. The van der Waals surface area contributed by atoms with Crippen LogP contribution in [0.1, 0.15) is 6.92 Å². The van der Waals surface area contributed by atoms with Gasteiger partial charge in [0.15, 0.2) is 6.10 Å². The highest BCUT2D eigenvalue weighted by atomic mass is 35.5. The minimum atomic E-state index is -0.932. The van der Waals surface area contributed by atoms with Gasteiger partial charge in [-0.05, 0) is 37.3 Å². The summed E-state index contributed by atoms with van der Waals surface area (Å²) < 4.78 is 5.13. The summed E-state index contributed by atoms with van der Waals surface area (Å²) in [6.07, 6.45) is 2.22. The molecule has 2 rings (SSSR count). The zero-order valence-electron chi connectivity index (χ0n) is 13.3. The van der Waals surface area contributed by atoms with Gasteiger partial charge in [0, 0.05) is 30.2 Å². The number of benzene rings is 1. The number of nitrogens with zero attached hydrogens (tertiary/aromatic N) is 3. The van der Waals surface area contributed by atoms with Gasteiger partial charge in [-0.25, -0.2) is 9.97 Å². The third-order valence-electron chi connectivity index (χ3n) is 3.05. The van der Waals surface area contributed by atoms with Gasteiger partial charge in [-0.3, -0.25) is 9.59 Å². The van der Waals surface area contributed by atoms with Crippen molar-refractivity contribution in [3.05, 3.63) is 47.7 Å². The molecule has 7 nitrogen and oxygen atoms in total. The van der Waals surface area contributed by atoms with Crippen molar-refractivity contribution in [2.45, 2.75) is 13.0 Å². The smallest absolute Gasteiger partial charge is 0.326 e. The first-order chi connectivity index (χ1) is 11.5. The molecular formula is C16H17ClN4O3. The van der Waals surface area contributed by atoms with E-state index in [0.29, 0.717) is 16.7 Å². The first kappa shape index (κ1) is 17.7. The van der Waals surface area contributed by atoms with E-state index in [1.54, 1.807) is 49.8 Å². The van der Waals surface area contributed by atoms with Crippen LogP contribution in [0.15, 0.2) is 42.7 Å². The first-order valence-corrected chi connectivity index (χ1v) is 7.57. The van der Waals surface area contributed by atoms with Crippen LogP contribution in [0.2, 0.25) is 5.02 Å². The van der Waals surface area contributed by atoms with Gasteiger partial charge < -0.3 is 15.0 Å². The molecule has 1 aromatic carbocycles. The molecule has 1 N–H and O–H groups in total. The largest absolute Gasteiger partial charge is 0.451 e. The summed E-state index contributed by atoms with van der Waals surface area (Å²) in [6.45, 7) is 1.44. The molecule has 2 aromatic rings. The van der Waals surface area contributed by atoms with E-state index in [9.17, 15) is 9.59 Å². The average molecular weight is 349 g/mol. The van der Waals surface area contributed by atoms with Crippen LogP contribution >= 0.6 is 11.6 Å². The van der Waals surface area contributed by atoms with Crippen molar-refractivity contribution in [2.75, 3.05) is 23.8 Å². The maximum Gasteiger partial charge on any atom is 0.326 e. The zero-order valence-corrected chi connectivity index (χ0v) is 14.0. The maximum atomic E-state index is 12.0. The lowest BCUT2D eigenvalue weighted by Gasteiger charge is -2.18. The fraction of sp³-hybridized carbons (Fsp3) is 0.250. The molecule has 1 amide bonds. The summed E-state index contributed by atoms with van der Waals surface area (Å²) in [5, 5.41) is 3.21. The van der Waals surface area contributed by atoms with Gasteiger partial charge in [-0.15, -0.1) is 0 Å². The number of carbonyl (C=O) groups excluding carboxylic acids is 2. The van der Waals surface area contributed by atoms with Crippen LogP contribution in [0.5, 0.6) is 0 Å². The molecular weight excluding hydrogens is 332 g/mol. The number of nitrogens with one attached hydrogen (secondary N) is 1. The summed E-state index contributed by atoms with van der Waals surface area (Å²) >= 11 is 5.78. The second kappa shape index (κ2) is 8.26. The standard InChI is InChI=1S/C16H17ClN4O3/c1-11(15(23)20-13-6-4-12(17)5-7-13)24-14(22)10-21(2)16-18-8-3-9-19-16/h3-9,11H,10H2,1-2H3,(H,20,23). The molecule has 0 radical (unpaired) electrons.